The van der Waals surface area contributed by atoms with Gasteiger partial charge in [-0.2, -0.15) is 0 Å². The smallest absolute Gasteiger partial charge is 0.328 e. The average molecular weight is 278 g/mol. The lowest BCUT2D eigenvalue weighted by atomic mass is 10.2. The van der Waals surface area contributed by atoms with E-state index in [2.05, 4.69) is 15.4 Å². The van der Waals surface area contributed by atoms with E-state index < -0.39 is 17.9 Å². The summed E-state index contributed by atoms with van der Waals surface area (Å²) >= 11 is 0. The van der Waals surface area contributed by atoms with E-state index in [1.807, 2.05) is 0 Å². The standard InChI is InChI=1S/C14H18N2O4/c1-3-11(14(19)20-2)16-12(17)9-15-13(18)10-7-5-4-6-8-10/h4-8,11H,3,9H2,1-2H3,(H,15,18)(H,16,17)/t11-/m1/s1. The quantitative estimate of drug-likeness (QED) is 0.741. The average Bonchev–Trinajstić information content (AvgIpc) is 2.50. The van der Waals surface area contributed by atoms with Gasteiger partial charge in [-0.3, -0.25) is 9.59 Å². The third-order valence-corrected chi connectivity index (χ3v) is 2.67. The van der Waals surface area contributed by atoms with Gasteiger partial charge in [-0.25, -0.2) is 4.79 Å². The number of methoxy groups -OCH3 is 1. The molecule has 0 aliphatic heterocycles. The Labute approximate surface area is 117 Å². The highest BCUT2D eigenvalue weighted by atomic mass is 16.5. The molecule has 1 atom stereocenters. The molecule has 0 saturated heterocycles. The fraction of sp³-hybridized carbons (Fsp3) is 0.357. The lowest BCUT2D eigenvalue weighted by molar-refractivity contribution is -0.145. The van der Waals surface area contributed by atoms with Gasteiger partial charge in [0.25, 0.3) is 5.91 Å². The normalized spacial score (nSPS) is 11.3. The molecule has 0 bridgehead atoms. The van der Waals surface area contributed by atoms with Gasteiger partial charge < -0.3 is 15.4 Å². The fourth-order valence-electron chi connectivity index (χ4n) is 1.57. The van der Waals surface area contributed by atoms with E-state index in [0.29, 0.717) is 12.0 Å². The van der Waals surface area contributed by atoms with Gasteiger partial charge in [0.1, 0.15) is 6.04 Å². The van der Waals surface area contributed by atoms with Gasteiger partial charge in [0, 0.05) is 5.56 Å². The molecule has 20 heavy (non-hydrogen) atoms. The van der Waals surface area contributed by atoms with Crippen molar-refractivity contribution in [2.24, 2.45) is 0 Å². The maximum absolute atomic E-state index is 11.7. The summed E-state index contributed by atoms with van der Waals surface area (Å²) in [6.07, 6.45) is 0.422. The molecule has 0 heterocycles. The molecule has 0 fully saturated rings. The maximum atomic E-state index is 11.7. The number of rotatable bonds is 6. The summed E-state index contributed by atoms with van der Waals surface area (Å²) in [4.78, 5) is 34.7. The first-order valence-corrected chi connectivity index (χ1v) is 6.29. The fourth-order valence-corrected chi connectivity index (χ4v) is 1.57. The van der Waals surface area contributed by atoms with Gasteiger partial charge in [-0.15, -0.1) is 0 Å². The predicted molar refractivity (Wildman–Crippen MR) is 73.0 cm³/mol. The van der Waals surface area contributed by atoms with Crippen LogP contribution in [0.2, 0.25) is 0 Å². The van der Waals surface area contributed by atoms with Crippen LogP contribution in [-0.2, 0) is 14.3 Å². The molecule has 1 rings (SSSR count). The monoisotopic (exact) mass is 278 g/mol. The summed E-state index contributed by atoms with van der Waals surface area (Å²) in [7, 11) is 1.26. The second kappa shape index (κ2) is 7.93. The van der Waals surface area contributed by atoms with Crippen LogP contribution in [0, 0.1) is 0 Å². The van der Waals surface area contributed by atoms with Gasteiger partial charge in [0.05, 0.1) is 13.7 Å². The topological polar surface area (TPSA) is 84.5 Å². The lowest BCUT2D eigenvalue weighted by Crippen LogP contribution is -2.45. The summed E-state index contributed by atoms with van der Waals surface area (Å²) in [5.41, 5.74) is 0.473. The third-order valence-electron chi connectivity index (χ3n) is 2.67. The van der Waals surface area contributed by atoms with E-state index in [1.54, 1.807) is 37.3 Å². The first-order chi connectivity index (χ1) is 9.58. The number of nitrogens with one attached hydrogen (secondary N) is 2. The molecule has 0 saturated carbocycles. The number of hydrogen-bond donors (Lipinski definition) is 2. The number of carbonyl (C=O) groups is 3. The van der Waals surface area contributed by atoms with E-state index in [0.717, 1.165) is 0 Å². The molecule has 6 nitrogen and oxygen atoms in total. The van der Waals surface area contributed by atoms with Crippen molar-refractivity contribution in [1.29, 1.82) is 0 Å². The molecule has 1 aromatic carbocycles. The molecule has 0 unspecified atom stereocenters. The van der Waals surface area contributed by atoms with Gasteiger partial charge in [0.2, 0.25) is 5.91 Å². The number of ether oxygens (including phenoxy) is 1. The molecule has 0 radical (unpaired) electrons. The highest BCUT2D eigenvalue weighted by molar-refractivity contribution is 5.96. The predicted octanol–water partition coefficient (Wildman–Crippen LogP) is 0.484. The molecule has 0 spiro atoms. The van der Waals surface area contributed by atoms with Crippen LogP contribution in [0.5, 0.6) is 0 Å². The number of esters is 1. The summed E-state index contributed by atoms with van der Waals surface area (Å²) in [5.74, 6) is -1.28. The summed E-state index contributed by atoms with van der Waals surface area (Å²) in [6.45, 7) is 1.56. The zero-order chi connectivity index (χ0) is 15.0. The lowest BCUT2D eigenvalue weighted by Gasteiger charge is -2.14. The van der Waals surface area contributed by atoms with Crippen molar-refractivity contribution < 1.29 is 19.1 Å². The van der Waals surface area contributed by atoms with Crippen molar-refractivity contribution in [2.75, 3.05) is 13.7 Å². The molecule has 2 N–H and O–H groups in total. The van der Waals surface area contributed by atoms with Crippen molar-refractivity contribution >= 4 is 17.8 Å². The molecule has 0 aliphatic carbocycles. The Morgan fingerprint density at radius 3 is 2.40 bits per heavy atom. The Morgan fingerprint density at radius 1 is 1.20 bits per heavy atom. The minimum Gasteiger partial charge on any atom is -0.467 e. The number of amides is 2. The number of carbonyl (C=O) groups excluding carboxylic acids is 3. The summed E-state index contributed by atoms with van der Waals surface area (Å²) in [5, 5.41) is 4.98. The zero-order valence-corrected chi connectivity index (χ0v) is 11.5. The molecule has 0 aromatic heterocycles. The van der Waals surface area contributed by atoms with Crippen LogP contribution in [0.3, 0.4) is 0 Å². The van der Waals surface area contributed by atoms with Crippen molar-refractivity contribution in [2.45, 2.75) is 19.4 Å². The first-order valence-electron chi connectivity index (χ1n) is 6.29. The van der Waals surface area contributed by atoms with Crippen LogP contribution in [0.25, 0.3) is 0 Å². The minimum atomic E-state index is -0.693. The maximum Gasteiger partial charge on any atom is 0.328 e. The van der Waals surface area contributed by atoms with Crippen molar-refractivity contribution in [3.8, 4) is 0 Å². The van der Waals surface area contributed by atoms with Gasteiger partial charge in [0.15, 0.2) is 0 Å². The minimum absolute atomic E-state index is 0.193. The summed E-state index contributed by atoms with van der Waals surface area (Å²) in [6, 6.07) is 7.87. The molecule has 1 aromatic rings. The van der Waals surface area contributed by atoms with E-state index in [-0.39, 0.29) is 12.5 Å². The Morgan fingerprint density at radius 2 is 1.85 bits per heavy atom. The molecule has 0 aliphatic rings. The van der Waals surface area contributed by atoms with E-state index in [9.17, 15) is 14.4 Å². The van der Waals surface area contributed by atoms with Crippen molar-refractivity contribution in [3.05, 3.63) is 35.9 Å². The molecule has 6 heteroatoms. The Balaban J connectivity index is 2.43. The third kappa shape index (κ3) is 4.72. The van der Waals surface area contributed by atoms with Crippen LogP contribution in [0.15, 0.2) is 30.3 Å². The first kappa shape index (κ1) is 15.7. The molecular weight excluding hydrogens is 260 g/mol. The van der Waals surface area contributed by atoms with Crippen LogP contribution >= 0.6 is 0 Å². The molecular formula is C14H18N2O4. The van der Waals surface area contributed by atoms with Crippen LogP contribution in [0.4, 0.5) is 0 Å². The van der Waals surface area contributed by atoms with Crippen LogP contribution in [-0.4, -0.2) is 37.5 Å². The molecule has 2 amide bonds. The van der Waals surface area contributed by atoms with Gasteiger partial charge >= 0.3 is 5.97 Å². The number of benzene rings is 1. The van der Waals surface area contributed by atoms with E-state index >= 15 is 0 Å². The highest BCUT2D eigenvalue weighted by Gasteiger charge is 2.19. The van der Waals surface area contributed by atoms with Crippen LogP contribution < -0.4 is 10.6 Å². The molecule has 108 valence electrons. The largest absolute Gasteiger partial charge is 0.467 e. The second-order valence-corrected chi connectivity index (χ2v) is 4.10. The Kier molecular flexibility index (Phi) is 6.22. The Hall–Kier alpha value is -2.37. The van der Waals surface area contributed by atoms with Crippen molar-refractivity contribution in [3.63, 3.8) is 0 Å². The van der Waals surface area contributed by atoms with E-state index in [4.69, 9.17) is 0 Å². The van der Waals surface area contributed by atoms with Gasteiger partial charge in [-0.05, 0) is 18.6 Å². The SMILES string of the molecule is CC[C@@H](NC(=O)CNC(=O)c1ccccc1)C(=O)OC. The van der Waals surface area contributed by atoms with Gasteiger partial charge in [-0.1, -0.05) is 25.1 Å². The van der Waals surface area contributed by atoms with Crippen molar-refractivity contribution in [1.82, 2.24) is 10.6 Å². The Bertz CT molecular complexity index is 473. The summed E-state index contributed by atoms with van der Waals surface area (Å²) < 4.78 is 4.56. The van der Waals surface area contributed by atoms with Crippen LogP contribution in [0.1, 0.15) is 23.7 Å². The second-order valence-electron chi connectivity index (χ2n) is 4.10. The zero-order valence-electron chi connectivity index (χ0n) is 11.5. The number of hydrogen-bond acceptors (Lipinski definition) is 4. The highest BCUT2D eigenvalue weighted by Crippen LogP contribution is 1.97. The van der Waals surface area contributed by atoms with E-state index in [1.165, 1.54) is 7.11 Å².